The molecule has 0 atom stereocenters. The van der Waals surface area contributed by atoms with Crippen LogP contribution in [0.15, 0.2) is 0 Å². The zero-order chi connectivity index (χ0) is 8.20. The fourth-order valence-electron chi connectivity index (χ4n) is 0.555. The quantitative estimate of drug-likeness (QED) is 0.487. The maximum Gasteiger partial charge on any atom is 0.366 e. The van der Waals surface area contributed by atoms with Crippen molar-refractivity contribution in [1.82, 2.24) is 0 Å². The molecule has 0 rings (SSSR count). The van der Waals surface area contributed by atoms with Crippen LogP contribution in [0.4, 0.5) is 0 Å². The first-order valence-electron chi connectivity index (χ1n) is 3.49. The molecule has 0 unspecified atom stereocenters. The zero-order valence-corrected chi connectivity index (χ0v) is 8.40. The van der Waals surface area contributed by atoms with Gasteiger partial charge in [-0.05, 0) is 6.42 Å². The minimum atomic E-state index is -0.130. The van der Waals surface area contributed by atoms with E-state index in [9.17, 15) is 4.79 Å². The van der Waals surface area contributed by atoms with Gasteiger partial charge in [0.05, 0.1) is 6.42 Å². The summed E-state index contributed by atoms with van der Waals surface area (Å²) < 4.78 is 0.249. The van der Waals surface area contributed by atoms with Crippen molar-refractivity contribution in [3.05, 3.63) is 0 Å². The first-order valence-corrected chi connectivity index (χ1v) is 3.49. The van der Waals surface area contributed by atoms with Gasteiger partial charge in [0, 0.05) is 0 Å². The molecule has 68 valence electrons. The fourth-order valence-corrected chi connectivity index (χ4v) is 0.555. The molecular weight excluding hydrogens is 166 g/mol. The lowest BCUT2D eigenvalue weighted by molar-refractivity contribution is -1.04. The molecule has 4 heteroatoms. The van der Waals surface area contributed by atoms with E-state index in [1.807, 2.05) is 28.1 Å². The van der Waals surface area contributed by atoms with E-state index in [1.165, 1.54) is 0 Å². The monoisotopic (exact) mass is 182 g/mol. The van der Waals surface area contributed by atoms with E-state index in [0.29, 0.717) is 6.42 Å². The van der Waals surface area contributed by atoms with Gasteiger partial charge in [0.2, 0.25) is 0 Å². The van der Waals surface area contributed by atoms with Gasteiger partial charge in [-0.2, -0.15) is 0 Å². The molecule has 0 heterocycles. The average molecular weight is 183 g/mol. The highest BCUT2D eigenvalue weighted by atomic mass is 35.5. The summed E-state index contributed by atoms with van der Waals surface area (Å²) in [6.45, 7) is 1.96. The van der Waals surface area contributed by atoms with Gasteiger partial charge in [-0.3, -0.25) is 4.84 Å². The van der Waals surface area contributed by atoms with Gasteiger partial charge in [-0.25, -0.2) is 4.79 Å². The second-order valence-electron chi connectivity index (χ2n) is 3.10. The maximum absolute atomic E-state index is 10.8. The van der Waals surface area contributed by atoms with Crippen molar-refractivity contribution >= 4 is 18.4 Å². The van der Waals surface area contributed by atoms with Crippen LogP contribution in [-0.4, -0.2) is 31.8 Å². The van der Waals surface area contributed by atoms with Crippen molar-refractivity contribution in [2.24, 2.45) is 0 Å². The summed E-state index contributed by atoms with van der Waals surface area (Å²) in [6, 6.07) is 0. The summed E-state index contributed by atoms with van der Waals surface area (Å²) in [5, 5.41) is 0. The normalized spacial score (nSPS) is 10.2. The molecule has 0 aromatic carbocycles. The van der Waals surface area contributed by atoms with Gasteiger partial charge < -0.3 is 0 Å². The molecule has 3 nitrogen and oxygen atoms in total. The Bertz CT molecular complexity index is 120. The SMILES string of the molecule is CCCC(=O)O[N+](C)(C)C.Cl. The lowest BCUT2D eigenvalue weighted by Crippen LogP contribution is -2.36. The number of carbonyl (C=O) groups is 1. The predicted molar refractivity (Wildman–Crippen MR) is 46.3 cm³/mol. The molecule has 0 aliphatic rings. The third-order valence-corrected chi connectivity index (χ3v) is 0.830. The first-order chi connectivity index (χ1) is 4.45. The van der Waals surface area contributed by atoms with Gasteiger partial charge in [-0.1, -0.05) is 6.92 Å². The predicted octanol–water partition coefficient (Wildman–Crippen LogP) is 1.37. The summed E-state index contributed by atoms with van der Waals surface area (Å²) in [6.07, 6.45) is 1.36. The number of nitrogens with zero attached hydrogens (tertiary/aromatic N) is 1. The highest BCUT2D eigenvalue weighted by Gasteiger charge is 2.13. The number of carbonyl (C=O) groups excluding carboxylic acids is 1. The molecule has 0 bridgehead atoms. The summed E-state index contributed by atoms with van der Waals surface area (Å²) in [4.78, 5) is 15.8. The number of halogens is 1. The van der Waals surface area contributed by atoms with Crippen molar-refractivity contribution in [3.63, 3.8) is 0 Å². The molecule has 0 N–H and O–H groups in total. The second-order valence-corrected chi connectivity index (χ2v) is 3.10. The Balaban J connectivity index is 0. The summed E-state index contributed by atoms with van der Waals surface area (Å²) in [5.74, 6) is -0.130. The van der Waals surface area contributed by atoms with E-state index in [-0.39, 0.29) is 23.0 Å². The molecule has 0 spiro atoms. The van der Waals surface area contributed by atoms with Gasteiger partial charge in [0.15, 0.2) is 0 Å². The minimum absolute atomic E-state index is 0. The smallest absolute Gasteiger partial charge is 0.277 e. The standard InChI is InChI=1S/C7H16NO2.ClH/c1-5-6-7(9)10-8(2,3)4;/h5-6H2,1-4H3;1H/q+1;. The molecule has 0 aromatic heterocycles. The van der Waals surface area contributed by atoms with Crippen molar-refractivity contribution in [3.8, 4) is 0 Å². The van der Waals surface area contributed by atoms with E-state index < -0.39 is 0 Å². The van der Waals surface area contributed by atoms with Crippen LogP contribution >= 0.6 is 12.4 Å². The fraction of sp³-hybridized carbons (Fsp3) is 0.857. The van der Waals surface area contributed by atoms with Crippen molar-refractivity contribution in [2.75, 3.05) is 21.1 Å². The highest BCUT2D eigenvalue weighted by molar-refractivity contribution is 5.85. The van der Waals surface area contributed by atoms with Gasteiger partial charge >= 0.3 is 5.97 Å². The van der Waals surface area contributed by atoms with Crippen molar-refractivity contribution < 1.29 is 14.3 Å². The molecule has 0 radical (unpaired) electrons. The third-order valence-electron chi connectivity index (χ3n) is 0.830. The Labute approximate surface area is 74.3 Å². The molecule has 0 aliphatic carbocycles. The van der Waals surface area contributed by atoms with E-state index in [2.05, 4.69) is 0 Å². The van der Waals surface area contributed by atoms with E-state index in [1.54, 1.807) is 0 Å². The molecule has 0 amide bonds. The van der Waals surface area contributed by atoms with Crippen molar-refractivity contribution in [1.29, 1.82) is 0 Å². The number of hydrogen-bond donors (Lipinski definition) is 0. The Hall–Kier alpha value is -0.280. The Morgan fingerprint density at radius 2 is 1.82 bits per heavy atom. The Morgan fingerprint density at radius 1 is 1.36 bits per heavy atom. The van der Waals surface area contributed by atoms with Gasteiger partial charge in [0.25, 0.3) is 0 Å². The summed E-state index contributed by atoms with van der Waals surface area (Å²) >= 11 is 0. The topological polar surface area (TPSA) is 26.3 Å². The molecule has 0 saturated carbocycles. The summed E-state index contributed by atoms with van der Waals surface area (Å²) in [7, 11) is 5.44. The molecule has 0 fully saturated rings. The van der Waals surface area contributed by atoms with Crippen molar-refractivity contribution in [2.45, 2.75) is 19.8 Å². The minimum Gasteiger partial charge on any atom is -0.277 e. The van der Waals surface area contributed by atoms with Crippen LogP contribution in [0.2, 0.25) is 0 Å². The van der Waals surface area contributed by atoms with E-state index >= 15 is 0 Å². The van der Waals surface area contributed by atoms with Crippen LogP contribution in [0, 0.1) is 0 Å². The number of quaternary nitrogens is 1. The third kappa shape index (κ3) is 9.72. The number of hydroxylamine groups is 3. The Morgan fingerprint density at radius 3 is 2.09 bits per heavy atom. The number of hydrogen-bond acceptors (Lipinski definition) is 2. The van der Waals surface area contributed by atoms with E-state index in [0.717, 1.165) is 6.42 Å². The largest absolute Gasteiger partial charge is 0.366 e. The van der Waals surface area contributed by atoms with Crippen LogP contribution in [0.25, 0.3) is 0 Å². The summed E-state index contributed by atoms with van der Waals surface area (Å²) in [5.41, 5.74) is 0. The van der Waals surface area contributed by atoms with Crippen LogP contribution in [0.1, 0.15) is 19.8 Å². The second kappa shape index (κ2) is 5.38. The van der Waals surface area contributed by atoms with Crippen LogP contribution in [-0.2, 0) is 9.63 Å². The van der Waals surface area contributed by atoms with Gasteiger partial charge in [0.1, 0.15) is 21.1 Å². The number of rotatable bonds is 3. The van der Waals surface area contributed by atoms with Crippen LogP contribution < -0.4 is 0 Å². The zero-order valence-electron chi connectivity index (χ0n) is 7.59. The first kappa shape index (κ1) is 13.3. The van der Waals surface area contributed by atoms with Gasteiger partial charge in [-0.15, -0.1) is 17.1 Å². The molecule has 0 aliphatic heterocycles. The highest BCUT2D eigenvalue weighted by Crippen LogP contribution is 1.97. The Kier molecular flexibility index (Phi) is 6.52. The van der Waals surface area contributed by atoms with E-state index in [4.69, 9.17) is 4.84 Å². The average Bonchev–Trinajstić information content (AvgIpc) is 1.59. The van der Waals surface area contributed by atoms with Crippen LogP contribution in [0.3, 0.4) is 0 Å². The lowest BCUT2D eigenvalue weighted by Gasteiger charge is -2.19. The molecular formula is C7H17ClNO2+. The molecule has 0 saturated heterocycles. The lowest BCUT2D eigenvalue weighted by atomic mass is 10.3. The maximum atomic E-state index is 10.8. The molecule has 0 aromatic rings. The van der Waals surface area contributed by atoms with Crippen LogP contribution in [0.5, 0.6) is 0 Å². The molecule has 11 heavy (non-hydrogen) atoms.